The minimum Gasteiger partial charge on any atom is -0.339 e. The Bertz CT molecular complexity index is 694. The zero-order valence-corrected chi connectivity index (χ0v) is 13.7. The van der Waals surface area contributed by atoms with Crippen LogP contribution in [0.1, 0.15) is 30.4 Å². The Kier molecular flexibility index (Phi) is 4.64. The van der Waals surface area contributed by atoms with Gasteiger partial charge in [0.2, 0.25) is 5.91 Å². The first kappa shape index (κ1) is 16.2. The lowest BCUT2D eigenvalue weighted by Gasteiger charge is -2.27. The van der Waals surface area contributed by atoms with Crippen molar-refractivity contribution >= 4 is 23.4 Å². The highest BCUT2D eigenvalue weighted by Gasteiger charge is 2.30. The van der Waals surface area contributed by atoms with Crippen LogP contribution in [0.15, 0.2) is 30.3 Å². The van der Waals surface area contributed by atoms with Crippen LogP contribution in [0.5, 0.6) is 0 Å². The molecule has 0 bridgehead atoms. The number of urea groups is 1. The Balaban J connectivity index is 1.52. The number of amides is 4. The first-order valence-electron chi connectivity index (χ1n) is 8.18. The number of imide groups is 1. The largest absolute Gasteiger partial charge is 0.339 e. The molecule has 3 rings (SSSR count). The van der Waals surface area contributed by atoms with E-state index >= 15 is 0 Å². The summed E-state index contributed by atoms with van der Waals surface area (Å²) in [5, 5.41) is 4.69. The molecule has 2 aliphatic rings. The number of benzene rings is 1. The van der Waals surface area contributed by atoms with Gasteiger partial charge in [-0.05, 0) is 30.9 Å². The van der Waals surface area contributed by atoms with Crippen LogP contribution in [0.25, 0.3) is 5.57 Å². The van der Waals surface area contributed by atoms with Crippen LogP contribution < -0.4 is 10.6 Å². The van der Waals surface area contributed by atoms with E-state index in [-0.39, 0.29) is 18.2 Å². The molecule has 1 atom stereocenters. The van der Waals surface area contributed by atoms with Gasteiger partial charge in [0.05, 0.1) is 0 Å². The van der Waals surface area contributed by atoms with Crippen molar-refractivity contribution in [2.45, 2.75) is 32.2 Å². The SMILES string of the molecule is Cc1ccc(C2=CCN(C(=O)CC[C@@H]3NC(=O)NC3=O)CC2)cc1. The quantitative estimate of drug-likeness (QED) is 0.825. The van der Waals surface area contributed by atoms with E-state index in [1.165, 1.54) is 16.7 Å². The molecule has 2 aliphatic heterocycles. The maximum Gasteiger partial charge on any atom is 0.322 e. The third-order valence-electron chi connectivity index (χ3n) is 4.49. The van der Waals surface area contributed by atoms with E-state index in [0.29, 0.717) is 19.5 Å². The van der Waals surface area contributed by atoms with Crippen molar-refractivity contribution in [1.29, 1.82) is 0 Å². The van der Waals surface area contributed by atoms with Crippen LogP contribution in [0.4, 0.5) is 4.79 Å². The van der Waals surface area contributed by atoms with Gasteiger partial charge < -0.3 is 10.2 Å². The van der Waals surface area contributed by atoms with E-state index in [1.807, 2.05) is 0 Å². The second kappa shape index (κ2) is 6.86. The minimum atomic E-state index is -0.593. The molecule has 1 fully saturated rings. The molecule has 126 valence electrons. The van der Waals surface area contributed by atoms with E-state index in [0.717, 1.165) is 6.42 Å². The number of carbonyl (C=O) groups is 3. The second-order valence-electron chi connectivity index (χ2n) is 6.24. The van der Waals surface area contributed by atoms with Crippen molar-refractivity contribution in [3.63, 3.8) is 0 Å². The summed E-state index contributed by atoms with van der Waals surface area (Å²) in [4.78, 5) is 36.6. The molecule has 0 aliphatic carbocycles. The molecule has 1 aromatic carbocycles. The van der Waals surface area contributed by atoms with Gasteiger partial charge in [-0.2, -0.15) is 0 Å². The third-order valence-corrected chi connectivity index (χ3v) is 4.49. The molecule has 2 N–H and O–H groups in total. The predicted molar refractivity (Wildman–Crippen MR) is 90.0 cm³/mol. The second-order valence-corrected chi connectivity index (χ2v) is 6.24. The van der Waals surface area contributed by atoms with Crippen molar-refractivity contribution in [1.82, 2.24) is 15.5 Å². The Morgan fingerprint density at radius 3 is 2.58 bits per heavy atom. The molecule has 4 amide bonds. The normalized spacial score (nSPS) is 20.5. The molecular weight excluding hydrogens is 306 g/mol. The van der Waals surface area contributed by atoms with Crippen LogP contribution in [0.3, 0.4) is 0 Å². The summed E-state index contributed by atoms with van der Waals surface area (Å²) in [6.45, 7) is 3.33. The van der Waals surface area contributed by atoms with Gasteiger partial charge in [0.25, 0.3) is 5.91 Å². The van der Waals surface area contributed by atoms with E-state index in [9.17, 15) is 14.4 Å². The zero-order valence-electron chi connectivity index (χ0n) is 13.7. The average molecular weight is 327 g/mol. The molecule has 0 spiro atoms. The molecule has 1 aromatic rings. The lowest BCUT2D eigenvalue weighted by Crippen LogP contribution is -2.36. The Morgan fingerprint density at radius 2 is 2.00 bits per heavy atom. The number of carbonyl (C=O) groups excluding carboxylic acids is 3. The van der Waals surface area contributed by atoms with E-state index in [4.69, 9.17) is 0 Å². The Morgan fingerprint density at radius 1 is 1.25 bits per heavy atom. The van der Waals surface area contributed by atoms with Gasteiger partial charge in [-0.15, -0.1) is 0 Å². The first-order chi connectivity index (χ1) is 11.5. The van der Waals surface area contributed by atoms with Gasteiger partial charge in [-0.1, -0.05) is 35.9 Å². The summed E-state index contributed by atoms with van der Waals surface area (Å²) in [6.07, 6.45) is 3.51. The summed E-state index contributed by atoms with van der Waals surface area (Å²) in [5.41, 5.74) is 3.70. The van der Waals surface area contributed by atoms with Crippen LogP contribution in [0.2, 0.25) is 0 Å². The topological polar surface area (TPSA) is 78.5 Å². The van der Waals surface area contributed by atoms with Crippen molar-refractivity contribution < 1.29 is 14.4 Å². The molecule has 24 heavy (non-hydrogen) atoms. The highest BCUT2D eigenvalue weighted by molar-refractivity contribution is 6.04. The molecular formula is C18H21N3O3. The fourth-order valence-electron chi connectivity index (χ4n) is 3.01. The van der Waals surface area contributed by atoms with Crippen LogP contribution >= 0.6 is 0 Å². The number of aryl methyl sites for hydroxylation is 1. The average Bonchev–Trinajstić information content (AvgIpc) is 2.91. The molecule has 6 nitrogen and oxygen atoms in total. The molecule has 1 saturated heterocycles. The number of hydrogen-bond donors (Lipinski definition) is 2. The lowest BCUT2D eigenvalue weighted by atomic mass is 9.98. The molecule has 6 heteroatoms. The van der Waals surface area contributed by atoms with E-state index < -0.39 is 12.1 Å². The van der Waals surface area contributed by atoms with Crippen LogP contribution in [0, 0.1) is 6.92 Å². The highest BCUT2D eigenvalue weighted by atomic mass is 16.2. The van der Waals surface area contributed by atoms with Gasteiger partial charge in [-0.3, -0.25) is 14.9 Å². The van der Waals surface area contributed by atoms with E-state index in [2.05, 4.69) is 47.9 Å². The number of nitrogens with zero attached hydrogens (tertiary/aromatic N) is 1. The summed E-state index contributed by atoms with van der Waals surface area (Å²) in [7, 11) is 0. The van der Waals surface area contributed by atoms with Crippen molar-refractivity contribution in [2.75, 3.05) is 13.1 Å². The molecule has 0 unspecified atom stereocenters. The van der Waals surface area contributed by atoms with Gasteiger partial charge in [0.1, 0.15) is 6.04 Å². The number of hydrogen-bond acceptors (Lipinski definition) is 3. The van der Waals surface area contributed by atoms with Crippen molar-refractivity contribution in [2.24, 2.45) is 0 Å². The maximum atomic E-state index is 12.3. The summed E-state index contributed by atoms with van der Waals surface area (Å²) in [6, 6.07) is 7.33. The fourth-order valence-corrected chi connectivity index (χ4v) is 3.01. The van der Waals surface area contributed by atoms with Gasteiger partial charge in [0.15, 0.2) is 0 Å². The van der Waals surface area contributed by atoms with Crippen LogP contribution in [-0.2, 0) is 9.59 Å². The monoisotopic (exact) mass is 327 g/mol. The molecule has 0 radical (unpaired) electrons. The van der Waals surface area contributed by atoms with Gasteiger partial charge in [-0.25, -0.2) is 4.79 Å². The lowest BCUT2D eigenvalue weighted by molar-refractivity contribution is -0.131. The first-order valence-corrected chi connectivity index (χ1v) is 8.18. The number of nitrogens with one attached hydrogen (secondary N) is 2. The van der Waals surface area contributed by atoms with Crippen LogP contribution in [-0.4, -0.2) is 41.9 Å². The standard InChI is InChI=1S/C18H21N3O3/c1-12-2-4-13(5-3-12)14-8-10-21(11-9-14)16(22)7-6-15-17(23)20-18(24)19-15/h2-5,8,15H,6-7,9-11H2,1H3,(H2,19,20,23,24)/t15-/m0/s1. The highest BCUT2D eigenvalue weighted by Crippen LogP contribution is 2.23. The molecule has 0 saturated carbocycles. The third kappa shape index (κ3) is 3.64. The summed E-state index contributed by atoms with van der Waals surface area (Å²) < 4.78 is 0. The van der Waals surface area contributed by atoms with E-state index in [1.54, 1.807) is 4.90 Å². The van der Waals surface area contributed by atoms with Crippen molar-refractivity contribution in [3.05, 3.63) is 41.5 Å². The maximum absolute atomic E-state index is 12.3. The minimum absolute atomic E-state index is 0.0168. The zero-order chi connectivity index (χ0) is 17.1. The van der Waals surface area contributed by atoms with Gasteiger partial charge >= 0.3 is 6.03 Å². The smallest absolute Gasteiger partial charge is 0.322 e. The number of rotatable bonds is 4. The predicted octanol–water partition coefficient (Wildman–Crippen LogP) is 1.60. The molecule has 0 aromatic heterocycles. The van der Waals surface area contributed by atoms with Gasteiger partial charge in [0, 0.05) is 19.5 Å². The van der Waals surface area contributed by atoms with Crippen molar-refractivity contribution in [3.8, 4) is 0 Å². The summed E-state index contributed by atoms with van der Waals surface area (Å²) in [5.74, 6) is -0.337. The Labute approximate surface area is 140 Å². The fraction of sp³-hybridized carbons (Fsp3) is 0.389. The summed E-state index contributed by atoms with van der Waals surface area (Å²) >= 11 is 0. The molecule has 2 heterocycles. The Hall–Kier alpha value is -2.63.